The number of hydrogen-bond donors (Lipinski definition) is 1. The van der Waals surface area contributed by atoms with E-state index in [2.05, 4.69) is 34.2 Å². The van der Waals surface area contributed by atoms with E-state index in [4.69, 9.17) is 4.74 Å². The lowest BCUT2D eigenvalue weighted by atomic mass is 9.93. The summed E-state index contributed by atoms with van der Waals surface area (Å²) in [4.78, 5) is 1.54. The fraction of sp³-hybridized carbons (Fsp3) is 0.667. The van der Waals surface area contributed by atoms with Gasteiger partial charge in [-0.2, -0.15) is 0 Å². The van der Waals surface area contributed by atoms with Gasteiger partial charge in [0.2, 0.25) is 0 Å². The van der Waals surface area contributed by atoms with Crippen LogP contribution in [-0.2, 0) is 11.2 Å². The van der Waals surface area contributed by atoms with Gasteiger partial charge in [-0.25, -0.2) is 0 Å². The molecule has 0 aromatic carbocycles. The van der Waals surface area contributed by atoms with Crippen LogP contribution in [0.4, 0.5) is 0 Å². The Morgan fingerprint density at radius 1 is 1.69 bits per heavy atom. The first-order valence-electron chi connectivity index (χ1n) is 5.73. The molecular formula is C12H18BrNOS. The second kappa shape index (κ2) is 5.63. The van der Waals surface area contributed by atoms with Crippen LogP contribution in [0.15, 0.2) is 9.85 Å². The molecule has 2 nitrogen and oxygen atoms in total. The molecule has 0 aliphatic heterocycles. The van der Waals surface area contributed by atoms with Crippen molar-refractivity contribution in [3.05, 3.63) is 20.3 Å². The second-order valence-electron chi connectivity index (χ2n) is 4.40. The second-order valence-corrected chi connectivity index (χ2v) is 6.91. The average molecular weight is 304 g/mol. The van der Waals surface area contributed by atoms with E-state index in [1.54, 1.807) is 12.0 Å². The van der Waals surface area contributed by atoms with Crippen LogP contribution < -0.4 is 5.32 Å². The Morgan fingerprint density at radius 3 is 3.25 bits per heavy atom. The zero-order chi connectivity index (χ0) is 11.5. The third-order valence-corrected chi connectivity index (χ3v) is 4.70. The van der Waals surface area contributed by atoms with E-state index in [9.17, 15) is 0 Å². The minimum atomic E-state index is 0.416. The zero-order valence-corrected chi connectivity index (χ0v) is 12.2. The number of fused-ring (bicyclic) bond motifs is 1. The Hall–Kier alpha value is 0.100. The highest BCUT2D eigenvalue weighted by Crippen LogP contribution is 2.38. The van der Waals surface area contributed by atoms with Gasteiger partial charge in [-0.15, -0.1) is 11.3 Å². The summed E-state index contributed by atoms with van der Waals surface area (Å²) < 4.78 is 6.42. The smallest absolute Gasteiger partial charge is 0.0704 e. The lowest BCUT2D eigenvalue weighted by molar-refractivity contribution is 0.165. The molecule has 0 fully saturated rings. The molecular weight excluding hydrogens is 286 g/mol. The number of nitrogens with one attached hydrogen (secondary N) is 1. The van der Waals surface area contributed by atoms with Gasteiger partial charge >= 0.3 is 0 Å². The van der Waals surface area contributed by atoms with Crippen LogP contribution in [0, 0.1) is 0 Å². The van der Waals surface area contributed by atoms with Crippen LogP contribution in [0.3, 0.4) is 0 Å². The van der Waals surface area contributed by atoms with Crippen molar-refractivity contribution in [2.45, 2.75) is 38.3 Å². The molecule has 90 valence electrons. The molecule has 2 rings (SSSR count). The maximum absolute atomic E-state index is 5.17. The van der Waals surface area contributed by atoms with Crippen LogP contribution in [-0.4, -0.2) is 19.8 Å². The normalized spacial score (nSPS) is 21.8. The lowest BCUT2D eigenvalue weighted by Crippen LogP contribution is -2.35. The van der Waals surface area contributed by atoms with Gasteiger partial charge in [0.25, 0.3) is 0 Å². The van der Waals surface area contributed by atoms with Crippen LogP contribution in [0.25, 0.3) is 0 Å². The van der Waals surface area contributed by atoms with Gasteiger partial charge in [-0.3, -0.25) is 0 Å². The number of halogens is 1. The molecule has 0 saturated heterocycles. The van der Waals surface area contributed by atoms with Crippen LogP contribution in [0.1, 0.15) is 36.2 Å². The molecule has 4 heteroatoms. The van der Waals surface area contributed by atoms with Crippen LogP contribution in [0.5, 0.6) is 0 Å². The highest BCUT2D eigenvalue weighted by molar-refractivity contribution is 9.11. The van der Waals surface area contributed by atoms with Crippen molar-refractivity contribution >= 4 is 27.3 Å². The molecule has 0 amide bonds. The molecule has 1 aliphatic rings. The summed E-state index contributed by atoms with van der Waals surface area (Å²) >= 11 is 5.46. The zero-order valence-electron chi connectivity index (χ0n) is 9.75. The number of thiophene rings is 1. The molecule has 2 unspecified atom stereocenters. The molecule has 0 spiro atoms. The monoisotopic (exact) mass is 303 g/mol. The van der Waals surface area contributed by atoms with Gasteiger partial charge in [-0.1, -0.05) is 0 Å². The fourth-order valence-electron chi connectivity index (χ4n) is 2.34. The first kappa shape index (κ1) is 12.6. The molecule has 0 bridgehead atoms. The Bertz CT molecular complexity index is 353. The molecule has 16 heavy (non-hydrogen) atoms. The van der Waals surface area contributed by atoms with Gasteiger partial charge < -0.3 is 10.1 Å². The van der Waals surface area contributed by atoms with E-state index < -0.39 is 0 Å². The minimum Gasteiger partial charge on any atom is -0.383 e. The minimum absolute atomic E-state index is 0.416. The van der Waals surface area contributed by atoms with E-state index in [0.29, 0.717) is 12.1 Å². The van der Waals surface area contributed by atoms with Crippen molar-refractivity contribution in [2.24, 2.45) is 0 Å². The van der Waals surface area contributed by atoms with Gasteiger partial charge in [-0.05, 0) is 53.7 Å². The van der Waals surface area contributed by atoms with E-state index in [-0.39, 0.29) is 0 Å². The molecule has 1 heterocycles. The predicted molar refractivity (Wildman–Crippen MR) is 72.2 cm³/mol. The van der Waals surface area contributed by atoms with Crippen molar-refractivity contribution in [3.63, 3.8) is 0 Å². The first-order valence-corrected chi connectivity index (χ1v) is 7.34. The average Bonchev–Trinajstić information content (AvgIpc) is 2.60. The van der Waals surface area contributed by atoms with Crippen LogP contribution in [0.2, 0.25) is 0 Å². The Morgan fingerprint density at radius 2 is 2.50 bits per heavy atom. The maximum Gasteiger partial charge on any atom is 0.0704 e. The van der Waals surface area contributed by atoms with Gasteiger partial charge in [0.05, 0.1) is 10.4 Å². The third kappa shape index (κ3) is 2.86. The van der Waals surface area contributed by atoms with Gasteiger partial charge in [0.15, 0.2) is 0 Å². The first-order chi connectivity index (χ1) is 7.70. The van der Waals surface area contributed by atoms with Gasteiger partial charge in [0, 0.05) is 24.1 Å². The number of aryl methyl sites for hydroxylation is 1. The third-order valence-electron chi connectivity index (χ3n) is 2.99. The van der Waals surface area contributed by atoms with E-state index in [0.717, 1.165) is 6.61 Å². The van der Waals surface area contributed by atoms with Gasteiger partial charge in [0.1, 0.15) is 0 Å². The van der Waals surface area contributed by atoms with E-state index in [1.807, 2.05) is 11.3 Å². The highest BCUT2D eigenvalue weighted by atomic mass is 79.9. The van der Waals surface area contributed by atoms with Crippen molar-refractivity contribution in [1.29, 1.82) is 0 Å². The summed E-state index contributed by atoms with van der Waals surface area (Å²) in [6.07, 6.45) is 3.77. The van der Waals surface area contributed by atoms with Crippen molar-refractivity contribution in [1.82, 2.24) is 5.32 Å². The summed E-state index contributed by atoms with van der Waals surface area (Å²) in [5.74, 6) is 0. The molecule has 1 aromatic rings. The summed E-state index contributed by atoms with van der Waals surface area (Å²) in [5, 5.41) is 3.65. The summed E-state index contributed by atoms with van der Waals surface area (Å²) in [5.41, 5.74) is 1.49. The number of ether oxygens (including phenoxy) is 1. The topological polar surface area (TPSA) is 21.3 Å². The van der Waals surface area contributed by atoms with Crippen molar-refractivity contribution in [2.75, 3.05) is 13.7 Å². The fourth-order valence-corrected chi connectivity index (χ4v) is 4.16. The number of methoxy groups -OCH3 is 1. The van der Waals surface area contributed by atoms with Crippen LogP contribution >= 0.6 is 27.3 Å². The SMILES string of the molecule is COCC(C)NC1CCCc2sc(Br)cc21. The quantitative estimate of drug-likeness (QED) is 0.919. The van der Waals surface area contributed by atoms with Crippen molar-refractivity contribution in [3.8, 4) is 0 Å². The summed E-state index contributed by atoms with van der Waals surface area (Å²) in [6, 6.07) is 3.20. The molecule has 1 aliphatic carbocycles. The molecule has 2 atom stereocenters. The Kier molecular flexibility index (Phi) is 4.41. The largest absolute Gasteiger partial charge is 0.383 e. The number of hydrogen-bond acceptors (Lipinski definition) is 3. The molecule has 0 radical (unpaired) electrons. The lowest BCUT2D eigenvalue weighted by Gasteiger charge is -2.26. The summed E-state index contributed by atoms with van der Waals surface area (Å²) in [6.45, 7) is 2.95. The Labute approximate surface area is 110 Å². The summed E-state index contributed by atoms with van der Waals surface area (Å²) in [7, 11) is 1.76. The highest BCUT2D eigenvalue weighted by Gasteiger charge is 2.23. The van der Waals surface area contributed by atoms with Crippen molar-refractivity contribution < 1.29 is 4.74 Å². The Balaban J connectivity index is 2.06. The number of rotatable bonds is 4. The molecule has 1 aromatic heterocycles. The standard InChI is InChI=1S/C12H18BrNOS/c1-8(7-15-2)14-10-4-3-5-11-9(10)6-12(13)16-11/h6,8,10,14H,3-5,7H2,1-2H3. The maximum atomic E-state index is 5.17. The molecule has 1 N–H and O–H groups in total. The van der Waals surface area contributed by atoms with E-state index in [1.165, 1.54) is 28.6 Å². The molecule has 0 saturated carbocycles. The predicted octanol–water partition coefficient (Wildman–Crippen LogP) is 3.51. The van der Waals surface area contributed by atoms with E-state index >= 15 is 0 Å².